The molecule has 0 aromatic carbocycles. The van der Waals surface area contributed by atoms with Gasteiger partial charge < -0.3 is 4.40 Å². The Kier molecular flexibility index (Phi) is 3.25. The zero-order chi connectivity index (χ0) is 13.9. The van der Waals surface area contributed by atoms with Crippen LogP contribution in [-0.2, 0) is 17.6 Å². The first-order chi connectivity index (χ1) is 9.72. The summed E-state index contributed by atoms with van der Waals surface area (Å²) in [5, 5.41) is 0. The molecule has 0 unspecified atom stereocenters. The van der Waals surface area contributed by atoms with Crippen LogP contribution in [-0.4, -0.2) is 25.1 Å². The predicted molar refractivity (Wildman–Crippen MR) is 74.4 cm³/mol. The normalized spacial score (nSPS) is 10.8. The van der Waals surface area contributed by atoms with Gasteiger partial charge in [0.05, 0.1) is 6.42 Å². The second-order valence-corrected chi connectivity index (χ2v) is 4.74. The molecule has 3 rings (SSSR count). The lowest BCUT2D eigenvalue weighted by molar-refractivity contribution is -0.118. The molecule has 0 aliphatic heterocycles. The summed E-state index contributed by atoms with van der Waals surface area (Å²) in [7, 11) is 0. The van der Waals surface area contributed by atoms with Gasteiger partial charge in [0.1, 0.15) is 17.3 Å². The van der Waals surface area contributed by atoms with E-state index in [0.717, 1.165) is 16.9 Å². The van der Waals surface area contributed by atoms with Crippen molar-refractivity contribution in [2.75, 3.05) is 0 Å². The molecule has 5 nitrogen and oxygen atoms in total. The molecule has 0 aliphatic rings. The number of aromatic nitrogens is 4. The van der Waals surface area contributed by atoms with Crippen molar-refractivity contribution in [3.8, 4) is 0 Å². The van der Waals surface area contributed by atoms with E-state index in [0.29, 0.717) is 12.2 Å². The number of carbonyl (C=O) groups is 1. The molecule has 20 heavy (non-hydrogen) atoms. The van der Waals surface area contributed by atoms with E-state index in [1.165, 1.54) is 0 Å². The van der Waals surface area contributed by atoms with Crippen molar-refractivity contribution in [2.45, 2.75) is 19.8 Å². The van der Waals surface area contributed by atoms with Gasteiger partial charge in [-0.3, -0.25) is 4.79 Å². The van der Waals surface area contributed by atoms with Gasteiger partial charge in [-0.2, -0.15) is 0 Å². The summed E-state index contributed by atoms with van der Waals surface area (Å²) < 4.78 is 1.92. The maximum absolute atomic E-state index is 12.1. The minimum absolute atomic E-state index is 0.0926. The van der Waals surface area contributed by atoms with Crippen LogP contribution in [0, 0.1) is 6.92 Å². The number of ketones is 1. The van der Waals surface area contributed by atoms with E-state index in [1.54, 1.807) is 18.6 Å². The van der Waals surface area contributed by atoms with Crippen LogP contribution in [0.4, 0.5) is 0 Å². The average molecular weight is 266 g/mol. The lowest BCUT2D eigenvalue weighted by atomic mass is 10.1. The Morgan fingerprint density at radius 1 is 1.15 bits per heavy atom. The van der Waals surface area contributed by atoms with Crippen LogP contribution in [0.3, 0.4) is 0 Å². The molecule has 3 aromatic heterocycles. The topological polar surface area (TPSA) is 60.2 Å². The summed E-state index contributed by atoms with van der Waals surface area (Å²) in [5.41, 5.74) is 2.77. The Bertz CT molecular complexity index is 746. The molecule has 0 fully saturated rings. The summed E-state index contributed by atoms with van der Waals surface area (Å²) in [6.07, 6.45) is 7.65. The Morgan fingerprint density at radius 2 is 1.95 bits per heavy atom. The molecular formula is C15H14N4O. The number of aryl methyl sites for hydroxylation is 1. The van der Waals surface area contributed by atoms with Crippen molar-refractivity contribution < 1.29 is 4.79 Å². The first-order valence-corrected chi connectivity index (χ1v) is 6.42. The van der Waals surface area contributed by atoms with Gasteiger partial charge in [-0.1, -0.05) is 6.07 Å². The van der Waals surface area contributed by atoms with E-state index in [2.05, 4.69) is 15.0 Å². The standard InChI is InChI=1S/C15H14N4O/c1-11-9-17-14(18-10-11)8-13(20)7-12-3-2-4-15-16-5-6-19(12)15/h2-6,9-10H,7-8H2,1H3. The third kappa shape index (κ3) is 2.56. The molecular weight excluding hydrogens is 252 g/mol. The van der Waals surface area contributed by atoms with Crippen molar-refractivity contribution in [1.82, 2.24) is 19.4 Å². The molecule has 0 saturated carbocycles. The molecule has 5 heteroatoms. The van der Waals surface area contributed by atoms with Gasteiger partial charge in [-0.15, -0.1) is 0 Å². The minimum atomic E-state index is 0.0926. The highest BCUT2D eigenvalue weighted by Crippen LogP contribution is 2.08. The number of fused-ring (bicyclic) bond motifs is 1. The Morgan fingerprint density at radius 3 is 2.75 bits per heavy atom. The fourth-order valence-corrected chi connectivity index (χ4v) is 2.10. The maximum Gasteiger partial charge on any atom is 0.146 e. The van der Waals surface area contributed by atoms with Gasteiger partial charge in [0.25, 0.3) is 0 Å². The zero-order valence-electron chi connectivity index (χ0n) is 11.2. The lowest BCUT2D eigenvalue weighted by Gasteiger charge is -2.04. The quantitative estimate of drug-likeness (QED) is 0.722. The Labute approximate surface area is 116 Å². The van der Waals surface area contributed by atoms with E-state index in [-0.39, 0.29) is 12.2 Å². The molecule has 0 atom stereocenters. The summed E-state index contributed by atoms with van der Waals surface area (Å²) in [5.74, 6) is 0.661. The van der Waals surface area contributed by atoms with Crippen LogP contribution in [0.15, 0.2) is 43.0 Å². The average Bonchev–Trinajstić information content (AvgIpc) is 2.91. The number of nitrogens with zero attached hydrogens (tertiary/aromatic N) is 4. The molecule has 3 heterocycles. The van der Waals surface area contributed by atoms with Crippen LogP contribution in [0.2, 0.25) is 0 Å². The molecule has 0 N–H and O–H groups in total. The van der Waals surface area contributed by atoms with Gasteiger partial charge in [0.15, 0.2) is 0 Å². The van der Waals surface area contributed by atoms with Crippen LogP contribution in [0.1, 0.15) is 17.1 Å². The van der Waals surface area contributed by atoms with E-state index >= 15 is 0 Å². The van der Waals surface area contributed by atoms with Crippen LogP contribution >= 0.6 is 0 Å². The van der Waals surface area contributed by atoms with Gasteiger partial charge in [-0.25, -0.2) is 15.0 Å². The van der Waals surface area contributed by atoms with Gasteiger partial charge >= 0.3 is 0 Å². The fourth-order valence-electron chi connectivity index (χ4n) is 2.10. The van der Waals surface area contributed by atoms with Crippen LogP contribution in [0.25, 0.3) is 5.65 Å². The fraction of sp³-hybridized carbons (Fsp3) is 0.200. The Hall–Kier alpha value is -2.56. The minimum Gasteiger partial charge on any atom is -0.304 e. The lowest BCUT2D eigenvalue weighted by Crippen LogP contribution is -2.11. The van der Waals surface area contributed by atoms with Crippen molar-refractivity contribution in [2.24, 2.45) is 0 Å². The van der Waals surface area contributed by atoms with E-state index in [9.17, 15) is 4.79 Å². The molecule has 3 aromatic rings. The van der Waals surface area contributed by atoms with Gasteiger partial charge in [0.2, 0.25) is 0 Å². The number of rotatable bonds is 4. The van der Waals surface area contributed by atoms with E-state index < -0.39 is 0 Å². The summed E-state index contributed by atoms with van der Waals surface area (Å²) in [4.78, 5) is 24.6. The third-order valence-electron chi connectivity index (χ3n) is 3.08. The molecule has 0 spiro atoms. The van der Waals surface area contributed by atoms with Crippen LogP contribution in [0.5, 0.6) is 0 Å². The number of pyridine rings is 1. The molecule has 0 amide bonds. The molecule has 0 saturated heterocycles. The smallest absolute Gasteiger partial charge is 0.146 e. The van der Waals surface area contributed by atoms with Crippen LogP contribution < -0.4 is 0 Å². The molecule has 0 radical (unpaired) electrons. The number of hydrogen-bond donors (Lipinski definition) is 0. The SMILES string of the molecule is Cc1cnc(CC(=O)Cc2cccc3nccn23)nc1. The second kappa shape index (κ2) is 5.21. The number of imidazole rings is 1. The van der Waals surface area contributed by atoms with Gasteiger partial charge in [-0.05, 0) is 24.6 Å². The predicted octanol–water partition coefficient (Wildman–Crippen LogP) is 1.79. The highest BCUT2D eigenvalue weighted by molar-refractivity contribution is 5.82. The van der Waals surface area contributed by atoms with Gasteiger partial charge in [0, 0.05) is 36.9 Å². The molecule has 0 aliphatic carbocycles. The maximum atomic E-state index is 12.1. The van der Waals surface area contributed by atoms with Crippen molar-refractivity contribution in [3.05, 3.63) is 60.1 Å². The van der Waals surface area contributed by atoms with E-state index in [4.69, 9.17) is 0 Å². The Balaban J connectivity index is 1.76. The highest BCUT2D eigenvalue weighted by atomic mass is 16.1. The molecule has 0 bridgehead atoms. The largest absolute Gasteiger partial charge is 0.304 e. The third-order valence-corrected chi connectivity index (χ3v) is 3.08. The van der Waals surface area contributed by atoms with E-state index in [1.807, 2.05) is 35.7 Å². The van der Waals surface area contributed by atoms with Crippen molar-refractivity contribution in [3.63, 3.8) is 0 Å². The second-order valence-electron chi connectivity index (χ2n) is 4.74. The molecule has 100 valence electrons. The number of hydrogen-bond acceptors (Lipinski definition) is 4. The zero-order valence-corrected chi connectivity index (χ0v) is 11.2. The number of Topliss-reactive ketones (excluding diaryl/α,β-unsaturated/α-hetero) is 1. The summed E-state index contributed by atoms with van der Waals surface area (Å²) >= 11 is 0. The monoisotopic (exact) mass is 266 g/mol. The first kappa shape index (κ1) is 12.5. The first-order valence-electron chi connectivity index (χ1n) is 6.42. The number of carbonyl (C=O) groups excluding carboxylic acids is 1. The summed E-state index contributed by atoms with van der Waals surface area (Å²) in [6, 6.07) is 5.76. The highest BCUT2D eigenvalue weighted by Gasteiger charge is 2.09. The van der Waals surface area contributed by atoms with Crippen molar-refractivity contribution >= 4 is 11.4 Å². The summed E-state index contributed by atoms with van der Waals surface area (Å²) in [6.45, 7) is 1.92. The van der Waals surface area contributed by atoms with Crippen molar-refractivity contribution in [1.29, 1.82) is 0 Å².